The molecule has 0 atom stereocenters. The van der Waals surface area contributed by atoms with Crippen molar-refractivity contribution < 1.29 is 5.11 Å². The summed E-state index contributed by atoms with van der Waals surface area (Å²) >= 11 is 12.8. The van der Waals surface area contributed by atoms with Gasteiger partial charge in [0.1, 0.15) is 0 Å². The highest BCUT2D eigenvalue weighted by atomic mass is 32.2. The molecule has 65 heavy (non-hydrogen) atoms. The summed E-state index contributed by atoms with van der Waals surface area (Å²) in [6.45, 7) is 12.0. The van der Waals surface area contributed by atoms with Gasteiger partial charge in [-0.3, -0.25) is 0 Å². The van der Waals surface area contributed by atoms with Gasteiger partial charge in [-0.05, 0) is 148 Å². The van der Waals surface area contributed by atoms with Crippen LogP contribution in [0, 0.1) is 0 Å². The van der Waals surface area contributed by atoms with E-state index in [4.69, 9.17) is 5.11 Å². The lowest BCUT2D eigenvalue weighted by molar-refractivity contribution is 0.282. The minimum absolute atomic E-state index is 0.341. The number of aliphatic hydroxyl groups excluding tert-OH is 1. The topological polar surface area (TPSA) is 20.2 Å². The van der Waals surface area contributed by atoms with E-state index in [1.165, 1.54) is 270 Å². The van der Waals surface area contributed by atoms with E-state index in [0.717, 1.165) is 6.42 Å². The summed E-state index contributed by atoms with van der Waals surface area (Å²) in [4.78, 5) is 9.08. The smallest absolute Gasteiger partial charge is 0.0431 e. The first kappa shape index (κ1) is 57.3. The molecule has 0 aliphatic carbocycles. The van der Waals surface area contributed by atoms with Crippen LogP contribution in [-0.4, -0.2) is 46.2 Å². The van der Waals surface area contributed by atoms with Crippen LogP contribution in [0.15, 0.2) is 65.8 Å². The third kappa shape index (κ3) is 21.3. The summed E-state index contributed by atoms with van der Waals surface area (Å²) in [5.74, 6) is 7.24. The lowest BCUT2D eigenvalue weighted by Gasteiger charge is -2.20. The molecule has 0 unspecified atom stereocenters. The Morgan fingerprint density at radius 1 is 0.246 bits per heavy atom. The van der Waals surface area contributed by atoms with E-state index < -0.39 is 0 Å². The molecule has 0 heterocycles. The number of hydrogen-bond acceptors (Lipinski definition) is 7. The lowest BCUT2D eigenvalue weighted by Crippen LogP contribution is -1.94. The van der Waals surface area contributed by atoms with Crippen LogP contribution in [-0.2, 0) is 0 Å². The molecular formula is C58H92OS6. The third-order valence-electron chi connectivity index (χ3n) is 12.7. The van der Waals surface area contributed by atoms with Gasteiger partial charge in [-0.15, -0.1) is 70.6 Å². The van der Waals surface area contributed by atoms with E-state index in [9.17, 15) is 0 Å². The van der Waals surface area contributed by atoms with Gasteiger partial charge in [0.15, 0.2) is 0 Å². The molecule has 0 saturated carbocycles. The Labute approximate surface area is 426 Å². The molecule has 0 saturated heterocycles. The summed E-state index contributed by atoms with van der Waals surface area (Å²) in [7, 11) is 0. The molecule has 7 heteroatoms. The third-order valence-corrected chi connectivity index (χ3v) is 19.9. The van der Waals surface area contributed by atoms with Gasteiger partial charge in [-0.2, -0.15) is 0 Å². The van der Waals surface area contributed by atoms with Gasteiger partial charge in [-0.25, -0.2) is 0 Å². The van der Waals surface area contributed by atoms with Crippen molar-refractivity contribution in [3.05, 3.63) is 36.4 Å². The second-order valence-corrected chi connectivity index (χ2v) is 25.3. The molecule has 4 rings (SSSR count). The van der Waals surface area contributed by atoms with Crippen molar-refractivity contribution in [2.24, 2.45) is 0 Å². The van der Waals surface area contributed by atoms with Crippen LogP contribution >= 0.6 is 70.6 Å². The monoisotopic (exact) mass is 997 g/mol. The zero-order valence-electron chi connectivity index (χ0n) is 42.1. The van der Waals surface area contributed by atoms with Gasteiger partial charge in [0.05, 0.1) is 0 Å². The van der Waals surface area contributed by atoms with Crippen molar-refractivity contribution >= 4 is 103 Å². The molecule has 366 valence electrons. The van der Waals surface area contributed by atoms with Crippen LogP contribution in [0.25, 0.3) is 32.3 Å². The Morgan fingerprint density at radius 3 is 0.600 bits per heavy atom. The SMILES string of the molecule is CCCCCCSc1cc2c3cc(SCCCCCC)c(SCCCCCC)cc3c3cc(SCCCCCCCCCCO)c(SCCCCCC)cc3c2cc1SCCCCCC. The number of hydrogen-bond donors (Lipinski definition) is 1. The van der Waals surface area contributed by atoms with Crippen molar-refractivity contribution in [3.63, 3.8) is 0 Å². The predicted molar refractivity (Wildman–Crippen MR) is 308 cm³/mol. The molecule has 0 aromatic heterocycles. The summed E-state index contributed by atoms with van der Waals surface area (Å²) in [6, 6.07) is 16.0. The zero-order valence-corrected chi connectivity index (χ0v) is 47.0. The van der Waals surface area contributed by atoms with E-state index in [1.807, 2.05) is 0 Å². The maximum absolute atomic E-state index is 9.16. The Hall–Kier alpha value is -0.280. The maximum Gasteiger partial charge on any atom is 0.0431 e. The molecule has 4 aromatic carbocycles. The quantitative estimate of drug-likeness (QED) is 0.0268. The highest BCUT2D eigenvalue weighted by molar-refractivity contribution is 8.03. The van der Waals surface area contributed by atoms with E-state index in [0.29, 0.717) is 6.61 Å². The second kappa shape index (κ2) is 36.6. The van der Waals surface area contributed by atoms with Crippen molar-refractivity contribution in [2.45, 2.75) is 244 Å². The molecule has 0 spiro atoms. The lowest BCUT2D eigenvalue weighted by atomic mass is 9.94. The van der Waals surface area contributed by atoms with E-state index in [2.05, 4.69) is 142 Å². The van der Waals surface area contributed by atoms with Gasteiger partial charge in [0.25, 0.3) is 0 Å². The minimum Gasteiger partial charge on any atom is -0.396 e. The number of rotatable bonds is 41. The first-order valence-electron chi connectivity index (χ1n) is 27.0. The van der Waals surface area contributed by atoms with Crippen molar-refractivity contribution in [1.29, 1.82) is 0 Å². The molecule has 0 radical (unpaired) electrons. The van der Waals surface area contributed by atoms with Crippen molar-refractivity contribution in [2.75, 3.05) is 41.1 Å². The molecular weight excluding hydrogens is 905 g/mol. The first-order valence-corrected chi connectivity index (χ1v) is 32.9. The average Bonchev–Trinajstić information content (AvgIpc) is 3.32. The zero-order chi connectivity index (χ0) is 46.2. The van der Waals surface area contributed by atoms with Crippen LogP contribution < -0.4 is 0 Å². The fourth-order valence-corrected chi connectivity index (χ4v) is 15.6. The van der Waals surface area contributed by atoms with Gasteiger partial charge in [0.2, 0.25) is 0 Å². The fourth-order valence-electron chi connectivity index (χ4n) is 8.71. The van der Waals surface area contributed by atoms with Gasteiger partial charge in [-0.1, -0.05) is 169 Å². The van der Waals surface area contributed by atoms with Crippen LogP contribution in [0.5, 0.6) is 0 Å². The average molecular weight is 998 g/mol. The normalized spacial score (nSPS) is 11.9. The second-order valence-electron chi connectivity index (χ2n) is 18.5. The molecule has 4 aromatic rings. The molecule has 0 fully saturated rings. The number of aliphatic hydroxyl groups is 1. The highest BCUT2D eigenvalue weighted by Crippen LogP contribution is 2.47. The van der Waals surface area contributed by atoms with Gasteiger partial charge < -0.3 is 5.11 Å². The van der Waals surface area contributed by atoms with E-state index in [1.54, 1.807) is 0 Å². The molecule has 0 aliphatic heterocycles. The molecule has 1 N–H and O–H groups in total. The van der Waals surface area contributed by atoms with Crippen molar-refractivity contribution in [3.8, 4) is 0 Å². The number of unbranched alkanes of at least 4 members (excludes halogenated alkanes) is 22. The van der Waals surface area contributed by atoms with Gasteiger partial charge >= 0.3 is 0 Å². The Balaban J connectivity index is 1.87. The molecule has 1 nitrogen and oxygen atoms in total. The van der Waals surface area contributed by atoms with E-state index in [-0.39, 0.29) is 0 Å². The van der Waals surface area contributed by atoms with Crippen molar-refractivity contribution in [1.82, 2.24) is 0 Å². The highest BCUT2D eigenvalue weighted by Gasteiger charge is 2.19. The Bertz CT molecular complexity index is 1810. The summed E-state index contributed by atoms with van der Waals surface area (Å²) < 4.78 is 0. The number of thioether (sulfide) groups is 6. The standard InChI is InChI=1S/C58H92OS6/c1-6-11-16-28-35-60-53-41-47-48-42-54(61-36-29-17-12-7-2)56(63-38-31-19-14-9-4)44-50(48)52-46-58(65-40-33-26-24-22-21-23-25-27-34-59)57(64-39-32-20-15-10-5)45-51(52)49(47)43-55(53)62-37-30-18-13-8-3/h41-46,59H,6-40H2,1-5H3. The summed E-state index contributed by atoms with van der Waals surface area (Å²) in [6.07, 6.45) is 36.4. The molecule has 0 bridgehead atoms. The molecule has 0 aliphatic rings. The van der Waals surface area contributed by atoms with Crippen LogP contribution in [0.4, 0.5) is 0 Å². The molecule has 0 amide bonds. The van der Waals surface area contributed by atoms with E-state index >= 15 is 0 Å². The van der Waals surface area contributed by atoms with Crippen LogP contribution in [0.1, 0.15) is 214 Å². The van der Waals surface area contributed by atoms with Gasteiger partial charge in [0, 0.05) is 36.0 Å². The first-order chi connectivity index (χ1) is 32.1. The Kier molecular flexibility index (Phi) is 32.3. The number of benzene rings is 4. The summed E-state index contributed by atoms with van der Waals surface area (Å²) in [5, 5.41) is 18.0. The summed E-state index contributed by atoms with van der Waals surface area (Å²) in [5.41, 5.74) is 0. The largest absolute Gasteiger partial charge is 0.396 e. The van der Waals surface area contributed by atoms with Crippen LogP contribution in [0.2, 0.25) is 0 Å². The minimum atomic E-state index is 0.341. The number of fused-ring (bicyclic) bond motifs is 6. The predicted octanol–water partition coefficient (Wildman–Crippen LogP) is 21.7. The van der Waals surface area contributed by atoms with Crippen LogP contribution in [0.3, 0.4) is 0 Å². The Morgan fingerprint density at radius 2 is 0.415 bits per heavy atom. The maximum atomic E-state index is 9.16. The fraction of sp³-hybridized carbons (Fsp3) is 0.690.